The third kappa shape index (κ3) is 2.14. The summed E-state index contributed by atoms with van der Waals surface area (Å²) in [6.07, 6.45) is 6.61. The van der Waals surface area contributed by atoms with Crippen LogP contribution < -0.4 is 0 Å². The van der Waals surface area contributed by atoms with Gasteiger partial charge in [-0.2, -0.15) is 0 Å². The summed E-state index contributed by atoms with van der Waals surface area (Å²) >= 11 is 7.42. The molecule has 2 heteroatoms. The van der Waals surface area contributed by atoms with E-state index in [-0.39, 0.29) is 5.41 Å². The third-order valence-electron chi connectivity index (χ3n) is 4.23. The van der Waals surface area contributed by atoms with Crippen molar-refractivity contribution in [3.8, 4) is 0 Å². The van der Waals surface area contributed by atoms with Gasteiger partial charge in [0.25, 0.3) is 0 Å². The fraction of sp³-hybridized carbons (Fsp3) is 0.375. The van der Waals surface area contributed by atoms with Gasteiger partial charge in [-0.05, 0) is 41.1 Å². The maximum atomic E-state index is 3.73. The lowest BCUT2D eigenvalue weighted by molar-refractivity contribution is 0.449. The predicted octanol–water partition coefficient (Wildman–Crippen LogP) is 5.81. The van der Waals surface area contributed by atoms with Crippen LogP contribution in [0.5, 0.6) is 0 Å². The van der Waals surface area contributed by atoms with Crippen LogP contribution in [0.15, 0.2) is 39.3 Å². The van der Waals surface area contributed by atoms with Crippen molar-refractivity contribution in [3.63, 3.8) is 0 Å². The molecule has 0 fully saturated rings. The monoisotopic (exact) mass is 368 g/mol. The number of benzene rings is 1. The highest BCUT2D eigenvalue weighted by Crippen LogP contribution is 2.46. The first-order valence-corrected chi connectivity index (χ1v) is 7.77. The van der Waals surface area contributed by atoms with Gasteiger partial charge >= 0.3 is 0 Å². The fourth-order valence-electron chi connectivity index (χ4n) is 2.66. The second-order valence-corrected chi connectivity index (χ2v) is 7.05. The molecule has 0 bridgehead atoms. The van der Waals surface area contributed by atoms with Crippen molar-refractivity contribution in [1.29, 1.82) is 0 Å². The van der Waals surface area contributed by atoms with Crippen LogP contribution in [0.25, 0.3) is 0 Å². The van der Waals surface area contributed by atoms with Gasteiger partial charge in [0.2, 0.25) is 0 Å². The first-order valence-electron chi connectivity index (χ1n) is 6.19. The molecule has 2 rings (SSSR count). The van der Waals surface area contributed by atoms with Crippen molar-refractivity contribution in [1.82, 2.24) is 0 Å². The normalized spacial score (nSPS) is 27.2. The summed E-state index contributed by atoms with van der Waals surface area (Å²) in [5, 5.41) is 0. The molecule has 2 atom stereocenters. The molecule has 1 aliphatic carbocycles. The van der Waals surface area contributed by atoms with Gasteiger partial charge in [-0.1, -0.05) is 70.0 Å². The van der Waals surface area contributed by atoms with Crippen LogP contribution in [0.3, 0.4) is 0 Å². The molecule has 0 N–H and O–H groups in total. The van der Waals surface area contributed by atoms with E-state index in [2.05, 4.69) is 89.9 Å². The molecule has 0 heterocycles. The summed E-state index contributed by atoms with van der Waals surface area (Å²) in [6, 6.07) is 4.34. The minimum absolute atomic E-state index is 0.0303. The summed E-state index contributed by atoms with van der Waals surface area (Å²) in [6.45, 7) is 8.98. The number of allylic oxidation sites excluding steroid dienone is 4. The van der Waals surface area contributed by atoms with Crippen LogP contribution >= 0.6 is 31.9 Å². The molecule has 0 radical (unpaired) electrons. The Morgan fingerprint density at radius 1 is 1.17 bits per heavy atom. The first-order chi connectivity index (χ1) is 8.38. The van der Waals surface area contributed by atoms with Gasteiger partial charge in [0.1, 0.15) is 0 Å². The molecule has 0 aromatic heterocycles. The molecule has 0 nitrogen and oxygen atoms in total. The number of halogens is 2. The lowest BCUT2D eigenvalue weighted by Gasteiger charge is -2.38. The van der Waals surface area contributed by atoms with E-state index in [4.69, 9.17) is 0 Å². The average molecular weight is 370 g/mol. The van der Waals surface area contributed by atoms with Gasteiger partial charge in [0.05, 0.1) is 0 Å². The summed E-state index contributed by atoms with van der Waals surface area (Å²) in [7, 11) is 0. The Hall–Kier alpha value is -0.340. The zero-order valence-electron chi connectivity index (χ0n) is 11.2. The zero-order valence-corrected chi connectivity index (χ0v) is 14.4. The standard InChI is InChI=1S/C16H18Br2/c1-10-7-8-14(18)15(11(10)2)16(4)9-5-6-13(17)12(16)3/h5-9,12H,1-4H3. The van der Waals surface area contributed by atoms with Crippen molar-refractivity contribution < 1.29 is 0 Å². The molecule has 0 amide bonds. The highest BCUT2D eigenvalue weighted by atomic mass is 79.9. The summed E-state index contributed by atoms with van der Waals surface area (Å²) in [5.74, 6) is 0.444. The first kappa shape index (κ1) is 14.1. The molecule has 0 spiro atoms. The summed E-state index contributed by atoms with van der Waals surface area (Å²) in [5.41, 5.74) is 4.16. The molecule has 18 heavy (non-hydrogen) atoms. The molecular formula is C16H18Br2. The molecule has 96 valence electrons. The average Bonchev–Trinajstić information content (AvgIpc) is 2.31. The Bertz CT molecular complexity index is 540. The van der Waals surface area contributed by atoms with Crippen LogP contribution in [0.1, 0.15) is 30.5 Å². The van der Waals surface area contributed by atoms with Crippen molar-refractivity contribution in [3.05, 3.63) is 56.0 Å². The predicted molar refractivity (Wildman–Crippen MR) is 86.3 cm³/mol. The van der Waals surface area contributed by atoms with E-state index in [1.165, 1.54) is 25.6 Å². The molecule has 0 aliphatic heterocycles. The van der Waals surface area contributed by atoms with E-state index in [1.807, 2.05) is 0 Å². The highest BCUT2D eigenvalue weighted by Gasteiger charge is 2.36. The Kier molecular flexibility index (Phi) is 3.89. The summed E-state index contributed by atoms with van der Waals surface area (Å²) in [4.78, 5) is 0. The number of rotatable bonds is 1. The molecule has 1 aromatic rings. The molecule has 1 aromatic carbocycles. The van der Waals surface area contributed by atoms with Gasteiger partial charge in [-0.25, -0.2) is 0 Å². The molecule has 1 aliphatic rings. The van der Waals surface area contributed by atoms with Gasteiger partial charge in [0, 0.05) is 15.8 Å². The molecule has 0 saturated heterocycles. The maximum absolute atomic E-state index is 3.73. The topological polar surface area (TPSA) is 0 Å². The largest absolute Gasteiger partial charge is 0.0735 e. The molecule has 0 saturated carbocycles. The second kappa shape index (κ2) is 4.97. The van der Waals surface area contributed by atoms with E-state index >= 15 is 0 Å². The van der Waals surface area contributed by atoms with E-state index in [0.29, 0.717) is 5.92 Å². The number of hydrogen-bond donors (Lipinski definition) is 0. The summed E-state index contributed by atoms with van der Waals surface area (Å²) < 4.78 is 2.46. The SMILES string of the molecule is Cc1ccc(Br)c(C2(C)C=CC=C(Br)C2C)c1C. The lowest BCUT2D eigenvalue weighted by atomic mass is 9.69. The fourth-order valence-corrected chi connectivity index (χ4v) is 4.14. The molecule has 2 unspecified atom stereocenters. The number of hydrogen-bond acceptors (Lipinski definition) is 0. The van der Waals surface area contributed by atoms with Crippen LogP contribution in [0.2, 0.25) is 0 Å². The van der Waals surface area contributed by atoms with Crippen LogP contribution in [0, 0.1) is 19.8 Å². The van der Waals surface area contributed by atoms with Crippen molar-refractivity contribution >= 4 is 31.9 Å². The second-order valence-electron chi connectivity index (χ2n) is 5.28. The minimum atomic E-state index is 0.0303. The highest BCUT2D eigenvalue weighted by molar-refractivity contribution is 9.11. The van der Waals surface area contributed by atoms with Gasteiger partial charge in [-0.3, -0.25) is 0 Å². The van der Waals surface area contributed by atoms with E-state index in [0.717, 1.165) is 0 Å². The minimum Gasteiger partial charge on any atom is -0.0735 e. The van der Waals surface area contributed by atoms with Crippen LogP contribution in [0.4, 0.5) is 0 Å². The molecular weight excluding hydrogens is 352 g/mol. The Labute approximate surface area is 126 Å². The van der Waals surface area contributed by atoms with Crippen molar-refractivity contribution in [2.45, 2.75) is 33.1 Å². The van der Waals surface area contributed by atoms with E-state index in [1.54, 1.807) is 0 Å². The van der Waals surface area contributed by atoms with Gasteiger partial charge in [-0.15, -0.1) is 0 Å². The third-order valence-corrected chi connectivity index (χ3v) is 5.85. The van der Waals surface area contributed by atoms with Crippen LogP contribution in [-0.4, -0.2) is 0 Å². The Morgan fingerprint density at radius 2 is 1.83 bits per heavy atom. The quantitative estimate of drug-likeness (QED) is 0.586. The van der Waals surface area contributed by atoms with Crippen molar-refractivity contribution in [2.24, 2.45) is 5.92 Å². The lowest BCUT2D eigenvalue weighted by Crippen LogP contribution is -2.31. The number of aryl methyl sites for hydroxylation is 1. The van der Waals surface area contributed by atoms with Gasteiger partial charge < -0.3 is 0 Å². The maximum Gasteiger partial charge on any atom is 0.0219 e. The van der Waals surface area contributed by atoms with E-state index < -0.39 is 0 Å². The zero-order chi connectivity index (χ0) is 13.5. The Morgan fingerprint density at radius 3 is 2.50 bits per heavy atom. The van der Waals surface area contributed by atoms with Crippen LogP contribution in [-0.2, 0) is 5.41 Å². The van der Waals surface area contributed by atoms with Crippen molar-refractivity contribution in [2.75, 3.05) is 0 Å². The smallest absolute Gasteiger partial charge is 0.0219 e. The van der Waals surface area contributed by atoms with Gasteiger partial charge in [0.15, 0.2) is 0 Å². The van der Waals surface area contributed by atoms with E-state index in [9.17, 15) is 0 Å². The Balaban J connectivity index is 2.66.